The molecule has 0 atom stereocenters. The van der Waals surface area contributed by atoms with Gasteiger partial charge in [0.1, 0.15) is 5.82 Å². The lowest BCUT2D eigenvalue weighted by molar-refractivity contribution is -0.384. The van der Waals surface area contributed by atoms with Crippen molar-refractivity contribution in [1.29, 1.82) is 0 Å². The highest BCUT2D eigenvalue weighted by atomic mass is 19.1. The molecule has 0 aliphatic carbocycles. The predicted molar refractivity (Wildman–Crippen MR) is 81.7 cm³/mol. The number of halogens is 1. The quantitative estimate of drug-likeness (QED) is 0.588. The third-order valence-electron chi connectivity index (χ3n) is 3.23. The molecule has 3 aromatic rings. The highest BCUT2D eigenvalue weighted by Crippen LogP contribution is 2.36. The number of nitrogens with two attached hydrogens (primary N) is 1. The van der Waals surface area contributed by atoms with E-state index in [9.17, 15) is 14.5 Å². The van der Waals surface area contributed by atoms with Crippen LogP contribution in [0.15, 0.2) is 49.1 Å². The minimum Gasteiger partial charge on any atom is -0.378 e. The molecule has 0 aliphatic heterocycles. The molecule has 3 heterocycles. The average molecular weight is 311 g/mol. The summed E-state index contributed by atoms with van der Waals surface area (Å²) < 4.78 is 14.1. The maximum Gasteiger partial charge on any atom is 0.311 e. The van der Waals surface area contributed by atoms with Gasteiger partial charge in [0, 0.05) is 41.3 Å². The molecular weight excluding hydrogens is 301 g/mol. The Hall–Kier alpha value is -3.42. The average Bonchev–Trinajstić information content (AvgIpc) is 2.56. The molecule has 3 aromatic heterocycles. The van der Waals surface area contributed by atoms with Crippen molar-refractivity contribution in [3.8, 4) is 22.4 Å². The monoisotopic (exact) mass is 311 g/mol. The molecule has 0 aromatic carbocycles. The van der Waals surface area contributed by atoms with E-state index in [4.69, 9.17) is 5.73 Å². The zero-order valence-electron chi connectivity index (χ0n) is 11.7. The van der Waals surface area contributed by atoms with E-state index in [0.29, 0.717) is 11.3 Å². The third kappa shape index (κ3) is 2.69. The van der Waals surface area contributed by atoms with Crippen LogP contribution in [0.25, 0.3) is 22.4 Å². The third-order valence-corrected chi connectivity index (χ3v) is 3.23. The van der Waals surface area contributed by atoms with Crippen LogP contribution in [0.5, 0.6) is 0 Å². The number of rotatable bonds is 3. The minimum atomic E-state index is -0.655. The van der Waals surface area contributed by atoms with Gasteiger partial charge in [-0.05, 0) is 18.2 Å². The number of hydrogen-bond donors (Lipinski definition) is 1. The van der Waals surface area contributed by atoms with E-state index in [1.807, 2.05) is 0 Å². The van der Waals surface area contributed by atoms with E-state index >= 15 is 0 Å². The lowest BCUT2D eigenvalue weighted by atomic mass is 10.00. The van der Waals surface area contributed by atoms with Crippen molar-refractivity contribution < 1.29 is 9.31 Å². The molecule has 114 valence electrons. The Kier molecular flexibility index (Phi) is 3.63. The first-order chi connectivity index (χ1) is 11.1. The fourth-order valence-electron chi connectivity index (χ4n) is 2.19. The van der Waals surface area contributed by atoms with Gasteiger partial charge in [0.2, 0.25) is 5.82 Å². The van der Waals surface area contributed by atoms with E-state index in [1.165, 1.54) is 24.5 Å². The van der Waals surface area contributed by atoms with E-state index < -0.39 is 10.7 Å². The Labute approximate surface area is 129 Å². The first kappa shape index (κ1) is 14.5. The van der Waals surface area contributed by atoms with Gasteiger partial charge in [-0.2, -0.15) is 0 Å². The van der Waals surface area contributed by atoms with E-state index in [2.05, 4.69) is 15.0 Å². The smallest absolute Gasteiger partial charge is 0.311 e. The molecule has 0 amide bonds. The van der Waals surface area contributed by atoms with Crippen LogP contribution < -0.4 is 5.73 Å². The maximum absolute atomic E-state index is 14.1. The van der Waals surface area contributed by atoms with Gasteiger partial charge in [-0.1, -0.05) is 0 Å². The van der Waals surface area contributed by atoms with Gasteiger partial charge in [-0.3, -0.25) is 20.1 Å². The number of hydrogen-bond acceptors (Lipinski definition) is 6. The van der Waals surface area contributed by atoms with Crippen LogP contribution in [0.3, 0.4) is 0 Å². The molecule has 0 aliphatic rings. The van der Waals surface area contributed by atoms with Gasteiger partial charge in [0.05, 0.1) is 16.8 Å². The second kappa shape index (κ2) is 5.76. The first-order valence-corrected chi connectivity index (χ1v) is 6.53. The van der Waals surface area contributed by atoms with Gasteiger partial charge in [0.15, 0.2) is 0 Å². The number of nitro groups is 1. The number of nitrogen functional groups attached to an aromatic ring is 1. The highest BCUT2D eigenvalue weighted by Gasteiger charge is 2.21. The summed E-state index contributed by atoms with van der Waals surface area (Å²) in [5.41, 5.74) is 6.56. The molecule has 3 rings (SSSR count). The Bertz CT molecular complexity index is 886. The second-order valence-electron chi connectivity index (χ2n) is 4.64. The van der Waals surface area contributed by atoms with Gasteiger partial charge >= 0.3 is 5.69 Å². The lowest BCUT2D eigenvalue weighted by Crippen LogP contribution is -2.02. The molecule has 7 nitrogen and oxygen atoms in total. The molecule has 2 N–H and O–H groups in total. The number of nitrogens with zero attached hydrogens (tertiary/aromatic N) is 4. The predicted octanol–water partition coefficient (Wildman–Crippen LogP) is 2.84. The van der Waals surface area contributed by atoms with Crippen molar-refractivity contribution in [2.45, 2.75) is 0 Å². The summed E-state index contributed by atoms with van der Waals surface area (Å²) in [6, 6.07) is 6.03. The molecule has 0 radical (unpaired) electrons. The Morgan fingerprint density at radius 2 is 1.91 bits per heavy atom. The van der Waals surface area contributed by atoms with Crippen LogP contribution in [-0.4, -0.2) is 19.9 Å². The van der Waals surface area contributed by atoms with E-state index in [-0.39, 0.29) is 22.6 Å². The van der Waals surface area contributed by atoms with Crippen molar-refractivity contribution in [2.24, 2.45) is 0 Å². The summed E-state index contributed by atoms with van der Waals surface area (Å²) in [5.74, 6) is -0.856. The second-order valence-corrected chi connectivity index (χ2v) is 4.64. The summed E-state index contributed by atoms with van der Waals surface area (Å²) in [6.07, 6.45) is 5.53. The fourth-order valence-corrected chi connectivity index (χ4v) is 2.19. The largest absolute Gasteiger partial charge is 0.378 e. The van der Waals surface area contributed by atoms with Gasteiger partial charge in [-0.25, -0.2) is 9.37 Å². The number of aromatic nitrogens is 3. The fraction of sp³-hybridized carbons (Fsp3) is 0. The molecule has 8 heteroatoms. The molecule has 0 spiro atoms. The van der Waals surface area contributed by atoms with Crippen LogP contribution >= 0.6 is 0 Å². The molecule has 0 saturated heterocycles. The molecule has 0 fully saturated rings. The topological polar surface area (TPSA) is 108 Å². The van der Waals surface area contributed by atoms with Crippen LogP contribution in [0, 0.1) is 15.9 Å². The molecule has 0 unspecified atom stereocenters. The molecule has 0 bridgehead atoms. The van der Waals surface area contributed by atoms with Crippen LogP contribution in [0.2, 0.25) is 0 Å². The first-order valence-electron chi connectivity index (χ1n) is 6.53. The summed E-state index contributed by atoms with van der Waals surface area (Å²) in [4.78, 5) is 22.2. The van der Waals surface area contributed by atoms with E-state index in [0.717, 1.165) is 6.20 Å². The van der Waals surface area contributed by atoms with Gasteiger partial charge < -0.3 is 5.73 Å². The molecule has 0 saturated carbocycles. The molecular formula is C15H10FN5O2. The zero-order chi connectivity index (χ0) is 16.4. The Morgan fingerprint density at radius 3 is 2.57 bits per heavy atom. The van der Waals surface area contributed by atoms with Crippen molar-refractivity contribution in [2.75, 3.05) is 5.73 Å². The summed E-state index contributed by atoms with van der Waals surface area (Å²) in [5, 5.41) is 11.1. The normalized spacial score (nSPS) is 10.5. The van der Waals surface area contributed by atoms with E-state index in [1.54, 1.807) is 18.3 Å². The summed E-state index contributed by atoms with van der Waals surface area (Å²) in [6.45, 7) is 0. The summed E-state index contributed by atoms with van der Waals surface area (Å²) in [7, 11) is 0. The standard InChI is InChI=1S/C15H10FN5O2/c16-12-8-19-5-3-10(12)11-6-13(21(22)23)15(17)20-14(11)9-2-1-4-18-7-9/h1-8H,(H2,17,20). The van der Waals surface area contributed by atoms with Crippen LogP contribution in [0.4, 0.5) is 15.9 Å². The van der Waals surface area contributed by atoms with Crippen LogP contribution in [0.1, 0.15) is 0 Å². The number of anilines is 1. The lowest BCUT2D eigenvalue weighted by Gasteiger charge is -2.11. The van der Waals surface area contributed by atoms with Crippen molar-refractivity contribution >= 4 is 11.5 Å². The van der Waals surface area contributed by atoms with Crippen LogP contribution in [-0.2, 0) is 0 Å². The van der Waals surface area contributed by atoms with Crippen molar-refractivity contribution in [1.82, 2.24) is 15.0 Å². The highest BCUT2D eigenvalue weighted by molar-refractivity contribution is 5.84. The van der Waals surface area contributed by atoms with Gasteiger partial charge in [-0.15, -0.1) is 0 Å². The summed E-state index contributed by atoms with van der Waals surface area (Å²) >= 11 is 0. The van der Waals surface area contributed by atoms with Crippen molar-refractivity contribution in [3.63, 3.8) is 0 Å². The molecule has 23 heavy (non-hydrogen) atoms. The maximum atomic E-state index is 14.1. The zero-order valence-corrected chi connectivity index (χ0v) is 11.7. The minimum absolute atomic E-state index is 0.148. The number of pyridine rings is 3. The SMILES string of the molecule is Nc1nc(-c2cccnc2)c(-c2ccncc2F)cc1[N+](=O)[O-]. The van der Waals surface area contributed by atoms with Gasteiger partial charge in [0.25, 0.3) is 0 Å². The Balaban J connectivity index is 2.33. The van der Waals surface area contributed by atoms with Crippen molar-refractivity contribution in [3.05, 3.63) is 65.0 Å². The Morgan fingerprint density at radius 1 is 1.13 bits per heavy atom.